The van der Waals surface area contributed by atoms with Crippen molar-refractivity contribution in [3.63, 3.8) is 0 Å². The average Bonchev–Trinajstić information content (AvgIpc) is 2.59. The Morgan fingerprint density at radius 1 is 1.17 bits per heavy atom. The lowest BCUT2D eigenvalue weighted by Gasteiger charge is -2.08. The fourth-order valence-corrected chi connectivity index (χ4v) is 2.74. The molecule has 0 aromatic heterocycles. The molecule has 3 heteroatoms. The molecule has 106 valence electrons. The molecule has 18 heavy (non-hydrogen) atoms. The SMILES string of the molecule is CC(C)CCNC(=O)CNCC1C(C)(C)C1(C)C. The van der Waals surface area contributed by atoms with E-state index < -0.39 is 0 Å². The minimum absolute atomic E-state index is 0.118. The Bertz CT molecular complexity index is 281. The first-order valence-electron chi connectivity index (χ1n) is 7.17. The molecule has 0 bridgehead atoms. The lowest BCUT2D eigenvalue weighted by atomic mass is 10.0. The van der Waals surface area contributed by atoms with Crippen LogP contribution in [0.1, 0.15) is 48.0 Å². The molecule has 0 saturated heterocycles. The number of hydrogen-bond donors (Lipinski definition) is 2. The second-order valence-corrected chi connectivity index (χ2v) is 7.16. The third kappa shape index (κ3) is 3.47. The van der Waals surface area contributed by atoms with Crippen LogP contribution in [0.3, 0.4) is 0 Å². The zero-order chi connectivity index (χ0) is 14.0. The number of nitrogens with one attached hydrogen (secondary N) is 2. The average molecular weight is 254 g/mol. The lowest BCUT2D eigenvalue weighted by Crippen LogP contribution is -2.36. The van der Waals surface area contributed by atoms with Crippen LogP contribution >= 0.6 is 0 Å². The third-order valence-electron chi connectivity index (χ3n) is 5.00. The van der Waals surface area contributed by atoms with Crippen molar-refractivity contribution in [1.29, 1.82) is 0 Å². The predicted molar refractivity (Wildman–Crippen MR) is 76.4 cm³/mol. The summed E-state index contributed by atoms with van der Waals surface area (Å²) in [5, 5.41) is 6.23. The molecule has 2 N–H and O–H groups in total. The van der Waals surface area contributed by atoms with Crippen molar-refractivity contribution in [2.45, 2.75) is 48.0 Å². The quantitative estimate of drug-likeness (QED) is 0.732. The van der Waals surface area contributed by atoms with E-state index >= 15 is 0 Å². The van der Waals surface area contributed by atoms with Gasteiger partial charge in [0, 0.05) is 6.54 Å². The van der Waals surface area contributed by atoms with E-state index in [1.807, 2.05) is 0 Å². The predicted octanol–water partition coefficient (Wildman–Crippen LogP) is 2.42. The number of amides is 1. The Hall–Kier alpha value is -0.570. The molecule has 0 aliphatic heterocycles. The van der Waals surface area contributed by atoms with Gasteiger partial charge in [-0.2, -0.15) is 0 Å². The maximum Gasteiger partial charge on any atom is 0.233 e. The zero-order valence-corrected chi connectivity index (χ0v) is 12.9. The summed E-state index contributed by atoms with van der Waals surface area (Å²) in [4.78, 5) is 11.6. The molecule has 0 heterocycles. The highest BCUT2D eigenvalue weighted by atomic mass is 16.1. The van der Waals surface area contributed by atoms with Crippen molar-refractivity contribution in [2.24, 2.45) is 22.7 Å². The molecule has 3 nitrogen and oxygen atoms in total. The van der Waals surface area contributed by atoms with Gasteiger partial charge in [0.2, 0.25) is 5.91 Å². The van der Waals surface area contributed by atoms with Gasteiger partial charge < -0.3 is 10.6 Å². The molecule has 0 unspecified atom stereocenters. The summed E-state index contributed by atoms with van der Waals surface area (Å²) in [6.07, 6.45) is 1.05. The number of carbonyl (C=O) groups is 1. The van der Waals surface area contributed by atoms with Crippen LogP contribution in [0.25, 0.3) is 0 Å². The largest absolute Gasteiger partial charge is 0.355 e. The van der Waals surface area contributed by atoms with E-state index in [0.717, 1.165) is 19.5 Å². The molecule has 1 saturated carbocycles. The van der Waals surface area contributed by atoms with Gasteiger partial charge in [0.25, 0.3) is 0 Å². The Morgan fingerprint density at radius 2 is 1.72 bits per heavy atom. The zero-order valence-electron chi connectivity index (χ0n) is 12.9. The number of rotatable bonds is 7. The second-order valence-electron chi connectivity index (χ2n) is 7.16. The van der Waals surface area contributed by atoms with E-state index in [1.165, 1.54) is 0 Å². The highest BCUT2D eigenvalue weighted by molar-refractivity contribution is 5.77. The highest BCUT2D eigenvalue weighted by Crippen LogP contribution is 2.67. The summed E-state index contributed by atoms with van der Waals surface area (Å²) < 4.78 is 0. The molecule has 0 aromatic carbocycles. The molecule has 0 aromatic rings. The summed E-state index contributed by atoms with van der Waals surface area (Å²) in [6, 6.07) is 0. The molecule has 0 radical (unpaired) electrons. The van der Waals surface area contributed by atoms with Crippen LogP contribution in [-0.2, 0) is 4.79 Å². The smallest absolute Gasteiger partial charge is 0.233 e. The van der Waals surface area contributed by atoms with E-state index in [1.54, 1.807) is 0 Å². The maximum absolute atomic E-state index is 11.6. The molecule has 0 atom stereocenters. The third-order valence-corrected chi connectivity index (χ3v) is 5.00. The number of carbonyl (C=O) groups excluding carboxylic acids is 1. The Kier molecular flexibility index (Phi) is 4.82. The lowest BCUT2D eigenvalue weighted by molar-refractivity contribution is -0.120. The van der Waals surface area contributed by atoms with E-state index in [-0.39, 0.29) is 5.91 Å². The Labute approximate surface area is 112 Å². The van der Waals surface area contributed by atoms with Crippen LogP contribution in [0.15, 0.2) is 0 Å². The first-order chi connectivity index (χ1) is 8.19. The topological polar surface area (TPSA) is 41.1 Å². The van der Waals surface area contributed by atoms with Gasteiger partial charge in [-0.15, -0.1) is 0 Å². The van der Waals surface area contributed by atoms with Crippen LogP contribution < -0.4 is 10.6 Å². The van der Waals surface area contributed by atoms with Gasteiger partial charge in [0.15, 0.2) is 0 Å². The van der Waals surface area contributed by atoms with E-state index in [9.17, 15) is 4.79 Å². The monoisotopic (exact) mass is 254 g/mol. The summed E-state index contributed by atoms with van der Waals surface area (Å²) >= 11 is 0. The van der Waals surface area contributed by atoms with E-state index in [4.69, 9.17) is 0 Å². The maximum atomic E-state index is 11.6. The van der Waals surface area contributed by atoms with E-state index in [0.29, 0.717) is 29.2 Å². The molecular weight excluding hydrogens is 224 g/mol. The van der Waals surface area contributed by atoms with E-state index in [2.05, 4.69) is 52.2 Å². The standard InChI is InChI=1S/C15H30N2O/c1-11(2)7-8-17-13(18)10-16-9-12-14(3,4)15(12,5)6/h11-12,16H,7-10H2,1-6H3,(H,17,18). The van der Waals surface area contributed by atoms with Crippen molar-refractivity contribution in [2.75, 3.05) is 19.6 Å². The molecule has 1 amide bonds. The summed E-state index contributed by atoms with van der Waals surface area (Å²) in [5.41, 5.74) is 0.794. The Balaban J connectivity index is 2.10. The van der Waals surface area contributed by atoms with Gasteiger partial charge in [0.05, 0.1) is 6.54 Å². The van der Waals surface area contributed by atoms with Crippen LogP contribution in [0.4, 0.5) is 0 Å². The first-order valence-corrected chi connectivity index (χ1v) is 7.17. The van der Waals surface area contributed by atoms with Crippen molar-refractivity contribution >= 4 is 5.91 Å². The summed E-state index contributed by atoms with van der Waals surface area (Å²) in [5.74, 6) is 1.44. The van der Waals surface area contributed by atoms with Crippen LogP contribution in [0.2, 0.25) is 0 Å². The van der Waals surface area contributed by atoms with Gasteiger partial charge in [-0.25, -0.2) is 0 Å². The van der Waals surface area contributed by atoms with Gasteiger partial charge >= 0.3 is 0 Å². The fourth-order valence-electron chi connectivity index (χ4n) is 2.74. The highest BCUT2D eigenvalue weighted by Gasteiger charge is 2.63. The minimum atomic E-state index is 0.118. The molecule has 1 fully saturated rings. The fraction of sp³-hybridized carbons (Fsp3) is 0.933. The van der Waals surface area contributed by atoms with Crippen molar-refractivity contribution in [3.05, 3.63) is 0 Å². The second kappa shape index (κ2) is 5.60. The van der Waals surface area contributed by atoms with Crippen molar-refractivity contribution in [3.8, 4) is 0 Å². The van der Waals surface area contributed by atoms with Crippen molar-refractivity contribution < 1.29 is 4.79 Å². The molecule has 1 aliphatic rings. The minimum Gasteiger partial charge on any atom is -0.355 e. The summed E-state index contributed by atoms with van der Waals surface area (Å²) in [6.45, 7) is 15.7. The molecular formula is C15H30N2O. The van der Waals surface area contributed by atoms with Crippen LogP contribution in [0, 0.1) is 22.7 Å². The van der Waals surface area contributed by atoms with Crippen LogP contribution in [-0.4, -0.2) is 25.5 Å². The van der Waals surface area contributed by atoms with Crippen LogP contribution in [0.5, 0.6) is 0 Å². The Morgan fingerprint density at radius 3 is 2.17 bits per heavy atom. The van der Waals surface area contributed by atoms with Gasteiger partial charge in [-0.05, 0) is 35.6 Å². The molecule has 0 spiro atoms. The van der Waals surface area contributed by atoms with Gasteiger partial charge in [0.1, 0.15) is 0 Å². The van der Waals surface area contributed by atoms with Gasteiger partial charge in [-0.3, -0.25) is 4.79 Å². The number of hydrogen-bond acceptors (Lipinski definition) is 2. The summed E-state index contributed by atoms with van der Waals surface area (Å²) in [7, 11) is 0. The molecule has 1 rings (SSSR count). The van der Waals surface area contributed by atoms with Crippen molar-refractivity contribution in [1.82, 2.24) is 10.6 Å². The van der Waals surface area contributed by atoms with Gasteiger partial charge in [-0.1, -0.05) is 41.5 Å². The first kappa shape index (κ1) is 15.5. The normalized spacial score (nSPS) is 21.1. The molecule has 1 aliphatic carbocycles.